The van der Waals surface area contributed by atoms with E-state index < -0.39 is 0 Å². The van der Waals surface area contributed by atoms with Crippen molar-refractivity contribution >= 4 is 29.2 Å². The van der Waals surface area contributed by atoms with Crippen LogP contribution in [0.4, 0.5) is 5.69 Å². The molecule has 0 aliphatic carbocycles. The second-order valence-corrected chi connectivity index (χ2v) is 6.45. The molecule has 3 N–H and O–H groups in total. The van der Waals surface area contributed by atoms with Gasteiger partial charge in [0.2, 0.25) is 5.96 Å². The number of nitrogens with zero attached hydrogens (tertiary/aromatic N) is 2. The number of hydrogen-bond donors (Lipinski definition) is 3. The Labute approximate surface area is 162 Å². The summed E-state index contributed by atoms with van der Waals surface area (Å²) in [6.07, 6.45) is 4.08. The Bertz CT molecular complexity index is 937. The second kappa shape index (κ2) is 9.00. The number of hydrogen-bond acceptors (Lipinski definition) is 3. The number of carbonyl (C=O) groups excluding carboxylic acids is 1. The van der Waals surface area contributed by atoms with Crippen molar-refractivity contribution in [3.63, 3.8) is 0 Å². The highest BCUT2D eigenvalue weighted by molar-refractivity contribution is 6.31. The summed E-state index contributed by atoms with van der Waals surface area (Å²) in [5.41, 5.74) is 3.41. The summed E-state index contributed by atoms with van der Waals surface area (Å²) in [4.78, 5) is 24.1. The molecule has 1 heterocycles. The van der Waals surface area contributed by atoms with Gasteiger partial charge in [-0.1, -0.05) is 29.8 Å². The Morgan fingerprint density at radius 2 is 2.07 bits per heavy atom. The van der Waals surface area contributed by atoms with E-state index in [-0.39, 0.29) is 5.91 Å². The van der Waals surface area contributed by atoms with E-state index in [1.54, 1.807) is 36.8 Å². The molecular weight excluding hydrogens is 362 g/mol. The van der Waals surface area contributed by atoms with Gasteiger partial charge in [-0.05, 0) is 42.8 Å². The number of benzene rings is 2. The molecule has 1 aromatic heterocycles. The van der Waals surface area contributed by atoms with Crippen LogP contribution in [0, 0.1) is 6.92 Å². The van der Waals surface area contributed by atoms with Crippen LogP contribution in [0.2, 0.25) is 5.02 Å². The second-order valence-electron chi connectivity index (χ2n) is 6.02. The highest BCUT2D eigenvalue weighted by Gasteiger charge is 2.10. The van der Waals surface area contributed by atoms with E-state index in [1.165, 1.54) is 0 Å². The summed E-state index contributed by atoms with van der Waals surface area (Å²) in [5.74, 6) is 0.100. The Balaban J connectivity index is 1.74. The van der Waals surface area contributed by atoms with Crippen LogP contribution in [0.15, 0.2) is 66.0 Å². The van der Waals surface area contributed by atoms with Crippen LogP contribution in [0.3, 0.4) is 0 Å². The van der Waals surface area contributed by atoms with Gasteiger partial charge in [-0.2, -0.15) is 0 Å². The third-order valence-electron chi connectivity index (χ3n) is 3.81. The predicted molar refractivity (Wildman–Crippen MR) is 108 cm³/mol. The standard InChI is InChI=1S/C20H20ClN5O/c1-14-4-2-7-17(10-14)25-20(23-9-8-18-12-22-13-24-18)26-19(27)15-5-3-6-16(21)11-15/h2-7,10-13H,8-9H2,1H3,(H,22,24)(H2,23,25,26,27). The van der Waals surface area contributed by atoms with Crippen molar-refractivity contribution in [2.45, 2.75) is 13.3 Å². The van der Waals surface area contributed by atoms with Gasteiger partial charge in [-0.3, -0.25) is 15.1 Å². The van der Waals surface area contributed by atoms with E-state index in [1.807, 2.05) is 31.2 Å². The smallest absolute Gasteiger partial charge is 0.258 e. The summed E-state index contributed by atoms with van der Waals surface area (Å²) in [6, 6.07) is 14.6. The van der Waals surface area contributed by atoms with Gasteiger partial charge in [0, 0.05) is 41.1 Å². The molecule has 0 bridgehead atoms. The number of carbonyl (C=O) groups is 1. The fraction of sp³-hybridized carbons (Fsp3) is 0.150. The van der Waals surface area contributed by atoms with Crippen molar-refractivity contribution in [1.82, 2.24) is 15.3 Å². The zero-order chi connectivity index (χ0) is 19.1. The Morgan fingerprint density at radius 1 is 1.22 bits per heavy atom. The lowest BCUT2D eigenvalue weighted by Crippen LogP contribution is -2.36. The van der Waals surface area contributed by atoms with E-state index in [2.05, 4.69) is 25.6 Å². The zero-order valence-electron chi connectivity index (χ0n) is 14.9. The van der Waals surface area contributed by atoms with E-state index in [4.69, 9.17) is 11.6 Å². The van der Waals surface area contributed by atoms with Gasteiger partial charge < -0.3 is 10.3 Å². The van der Waals surface area contributed by atoms with Gasteiger partial charge in [0.15, 0.2) is 0 Å². The number of aromatic amines is 1. The van der Waals surface area contributed by atoms with Crippen molar-refractivity contribution in [1.29, 1.82) is 0 Å². The van der Waals surface area contributed by atoms with E-state index in [9.17, 15) is 4.79 Å². The maximum Gasteiger partial charge on any atom is 0.258 e. The van der Waals surface area contributed by atoms with Crippen molar-refractivity contribution in [3.8, 4) is 0 Å². The first-order valence-corrected chi connectivity index (χ1v) is 8.90. The molecule has 0 saturated carbocycles. The van der Waals surface area contributed by atoms with Crippen LogP contribution in [-0.2, 0) is 6.42 Å². The monoisotopic (exact) mass is 381 g/mol. The molecule has 1 amide bonds. The highest BCUT2D eigenvalue weighted by atomic mass is 35.5. The topological polar surface area (TPSA) is 82.2 Å². The van der Waals surface area contributed by atoms with Gasteiger partial charge >= 0.3 is 0 Å². The number of rotatable bonds is 5. The van der Waals surface area contributed by atoms with E-state index in [0.717, 1.165) is 16.9 Å². The number of aliphatic imine (C=N–C) groups is 1. The molecule has 0 aliphatic rings. The average Bonchev–Trinajstić information content (AvgIpc) is 3.15. The largest absolute Gasteiger partial charge is 0.348 e. The number of halogens is 1. The molecule has 0 spiro atoms. The minimum absolute atomic E-state index is 0.280. The van der Waals surface area contributed by atoms with Crippen molar-refractivity contribution in [3.05, 3.63) is 82.9 Å². The van der Waals surface area contributed by atoms with E-state index in [0.29, 0.717) is 29.5 Å². The summed E-state index contributed by atoms with van der Waals surface area (Å²) in [5, 5.41) is 6.51. The molecule has 7 heteroatoms. The summed E-state index contributed by atoms with van der Waals surface area (Å²) in [7, 11) is 0. The van der Waals surface area contributed by atoms with Crippen molar-refractivity contribution in [2.75, 3.05) is 11.9 Å². The molecule has 2 aromatic carbocycles. The SMILES string of the molecule is Cc1cccc(NC(=NCCc2cnc[nH]2)NC(=O)c2cccc(Cl)c2)c1. The molecule has 27 heavy (non-hydrogen) atoms. The molecule has 0 radical (unpaired) electrons. The minimum atomic E-state index is -0.280. The number of guanidine groups is 1. The summed E-state index contributed by atoms with van der Waals surface area (Å²) in [6.45, 7) is 2.50. The average molecular weight is 382 g/mol. The van der Waals surface area contributed by atoms with Crippen molar-refractivity contribution in [2.24, 2.45) is 4.99 Å². The molecule has 3 rings (SSSR count). The number of amides is 1. The van der Waals surface area contributed by atoms with Gasteiger partial charge in [-0.15, -0.1) is 0 Å². The molecule has 6 nitrogen and oxygen atoms in total. The van der Waals surface area contributed by atoms with Crippen LogP contribution in [-0.4, -0.2) is 28.4 Å². The first-order chi connectivity index (χ1) is 13.1. The Morgan fingerprint density at radius 3 is 2.81 bits per heavy atom. The molecule has 0 saturated heterocycles. The fourth-order valence-corrected chi connectivity index (χ4v) is 2.68. The number of aromatic nitrogens is 2. The van der Waals surface area contributed by atoms with Gasteiger partial charge in [0.1, 0.15) is 0 Å². The first-order valence-electron chi connectivity index (χ1n) is 8.52. The number of anilines is 1. The molecule has 3 aromatic rings. The summed E-state index contributed by atoms with van der Waals surface area (Å²) < 4.78 is 0. The number of nitrogens with one attached hydrogen (secondary N) is 3. The molecule has 138 valence electrons. The van der Waals surface area contributed by atoms with Crippen LogP contribution in [0.5, 0.6) is 0 Å². The minimum Gasteiger partial charge on any atom is -0.348 e. The lowest BCUT2D eigenvalue weighted by molar-refractivity contribution is 0.0977. The maximum absolute atomic E-state index is 12.5. The molecule has 0 fully saturated rings. The Kier molecular flexibility index (Phi) is 6.22. The number of H-pyrrole nitrogens is 1. The molecule has 0 unspecified atom stereocenters. The normalized spacial score (nSPS) is 11.3. The third kappa shape index (κ3) is 5.69. The molecule has 0 aliphatic heterocycles. The van der Waals surface area contributed by atoms with Crippen LogP contribution >= 0.6 is 11.6 Å². The predicted octanol–water partition coefficient (Wildman–Crippen LogP) is 3.81. The Hall–Kier alpha value is -3.12. The van der Waals surface area contributed by atoms with Gasteiger partial charge in [0.05, 0.1) is 6.33 Å². The zero-order valence-corrected chi connectivity index (χ0v) is 15.6. The first kappa shape index (κ1) is 18.7. The van der Waals surface area contributed by atoms with E-state index >= 15 is 0 Å². The number of imidazole rings is 1. The van der Waals surface area contributed by atoms with Crippen LogP contribution in [0.25, 0.3) is 0 Å². The molecular formula is C20H20ClN5O. The quantitative estimate of drug-likeness (QED) is 0.464. The van der Waals surface area contributed by atoms with Gasteiger partial charge in [0.25, 0.3) is 5.91 Å². The van der Waals surface area contributed by atoms with Crippen molar-refractivity contribution < 1.29 is 4.79 Å². The van der Waals surface area contributed by atoms with Gasteiger partial charge in [-0.25, -0.2) is 4.98 Å². The third-order valence-corrected chi connectivity index (χ3v) is 4.04. The maximum atomic E-state index is 12.5. The summed E-state index contributed by atoms with van der Waals surface area (Å²) >= 11 is 5.98. The highest BCUT2D eigenvalue weighted by Crippen LogP contribution is 2.12. The lowest BCUT2D eigenvalue weighted by atomic mass is 10.2. The van der Waals surface area contributed by atoms with Crippen LogP contribution < -0.4 is 10.6 Å². The number of aryl methyl sites for hydroxylation is 1. The lowest BCUT2D eigenvalue weighted by Gasteiger charge is -2.12. The fourth-order valence-electron chi connectivity index (χ4n) is 2.49. The van der Waals surface area contributed by atoms with Crippen LogP contribution in [0.1, 0.15) is 21.6 Å². The molecule has 0 atom stereocenters.